The molecule has 3 N–H and O–H groups in total. The lowest BCUT2D eigenvalue weighted by atomic mass is 10.2. The third kappa shape index (κ3) is 5.79. The van der Waals surface area contributed by atoms with Gasteiger partial charge in [0.25, 0.3) is 0 Å². The van der Waals surface area contributed by atoms with Gasteiger partial charge in [-0.15, -0.1) is 10.2 Å². The van der Waals surface area contributed by atoms with Crippen molar-refractivity contribution in [2.45, 2.75) is 12.8 Å². The van der Waals surface area contributed by atoms with Crippen LogP contribution in [0.1, 0.15) is 12.3 Å². The topological polar surface area (TPSA) is 109 Å². The highest BCUT2D eigenvalue weighted by Gasteiger charge is 2.11. The molecule has 4 aromatic rings. The van der Waals surface area contributed by atoms with E-state index in [0.29, 0.717) is 35.3 Å². The Morgan fingerprint density at radius 3 is 2.09 bits per heavy atom. The van der Waals surface area contributed by atoms with Gasteiger partial charge in [-0.2, -0.15) is 0 Å². The molecule has 0 saturated heterocycles. The van der Waals surface area contributed by atoms with E-state index in [2.05, 4.69) is 26.1 Å². The van der Waals surface area contributed by atoms with Crippen molar-refractivity contribution >= 4 is 29.0 Å². The molecule has 0 aliphatic carbocycles. The van der Waals surface area contributed by atoms with Gasteiger partial charge in [0, 0.05) is 35.5 Å². The number of anilines is 3. The van der Waals surface area contributed by atoms with E-state index in [1.54, 1.807) is 36.4 Å². The maximum atomic E-state index is 12.3. The third-order valence-electron chi connectivity index (χ3n) is 4.49. The van der Waals surface area contributed by atoms with Crippen LogP contribution < -0.4 is 16.0 Å². The van der Waals surface area contributed by atoms with Gasteiger partial charge < -0.3 is 20.4 Å². The van der Waals surface area contributed by atoms with Crippen LogP contribution in [-0.2, 0) is 11.2 Å². The molecule has 0 radical (unpaired) electrons. The fourth-order valence-electron chi connectivity index (χ4n) is 2.99. The molecular weight excluding hydrogens is 406 g/mol. The molecular formula is C24H21N5O3. The molecule has 0 unspecified atom stereocenters. The molecule has 4 rings (SSSR count). The summed E-state index contributed by atoms with van der Waals surface area (Å²) in [7, 11) is 0. The first-order chi connectivity index (χ1) is 15.7. The lowest BCUT2D eigenvalue weighted by Gasteiger charge is -2.10. The van der Waals surface area contributed by atoms with Crippen LogP contribution in [0.4, 0.5) is 21.9 Å². The minimum absolute atomic E-state index is 0.183. The van der Waals surface area contributed by atoms with Crippen molar-refractivity contribution in [3.05, 3.63) is 90.8 Å². The van der Waals surface area contributed by atoms with Crippen molar-refractivity contribution in [2.24, 2.45) is 0 Å². The fraction of sp³-hybridized carbons (Fsp3) is 0.0833. The Labute approximate surface area is 184 Å². The molecule has 3 aromatic carbocycles. The predicted molar refractivity (Wildman–Crippen MR) is 122 cm³/mol. The average Bonchev–Trinajstić information content (AvgIpc) is 3.28. The number of amides is 3. The smallest absolute Gasteiger partial charge is 0.323 e. The van der Waals surface area contributed by atoms with E-state index in [-0.39, 0.29) is 18.4 Å². The average molecular weight is 427 g/mol. The largest absolute Gasteiger partial charge is 0.421 e. The number of rotatable bonds is 7. The van der Waals surface area contributed by atoms with Crippen molar-refractivity contribution < 1.29 is 14.0 Å². The summed E-state index contributed by atoms with van der Waals surface area (Å²) in [5.41, 5.74) is 2.64. The number of hydrogen-bond acceptors (Lipinski definition) is 5. The molecule has 0 saturated carbocycles. The second kappa shape index (κ2) is 10.0. The highest BCUT2D eigenvalue weighted by atomic mass is 16.4. The molecule has 0 aliphatic rings. The predicted octanol–water partition coefficient (Wildman–Crippen LogP) is 4.95. The van der Waals surface area contributed by atoms with Gasteiger partial charge in [0.2, 0.25) is 17.7 Å². The second-order valence-corrected chi connectivity index (χ2v) is 6.94. The van der Waals surface area contributed by atoms with Crippen molar-refractivity contribution in [3.63, 3.8) is 0 Å². The Kier molecular flexibility index (Phi) is 6.52. The zero-order chi connectivity index (χ0) is 22.2. The maximum Gasteiger partial charge on any atom is 0.323 e. The van der Waals surface area contributed by atoms with Crippen LogP contribution in [0, 0.1) is 0 Å². The van der Waals surface area contributed by atoms with Gasteiger partial charge in [-0.05, 0) is 42.5 Å². The normalized spacial score (nSPS) is 10.4. The molecule has 160 valence electrons. The Morgan fingerprint density at radius 2 is 1.34 bits per heavy atom. The van der Waals surface area contributed by atoms with Crippen LogP contribution in [-0.4, -0.2) is 22.1 Å². The van der Waals surface area contributed by atoms with Crippen molar-refractivity contribution in [1.29, 1.82) is 0 Å². The fourth-order valence-corrected chi connectivity index (χ4v) is 2.99. The number of nitrogens with one attached hydrogen (secondary N) is 3. The van der Waals surface area contributed by atoms with Gasteiger partial charge in [-0.3, -0.25) is 4.79 Å². The second-order valence-electron chi connectivity index (χ2n) is 6.94. The molecule has 3 amide bonds. The summed E-state index contributed by atoms with van der Waals surface area (Å²) in [6.45, 7) is 0. The molecule has 8 nitrogen and oxygen atoms in total. The summed E-state index contributed by atoms with van der Waals surface area (Å²) in [6.07, 6.45) is 0.506. The van der Waals surface area contributed by atoms with E-state index in [1.807, 2.05) is 48.5 Å². The number of benzene rings is 3. The van der Waals surface area contributed by atoms with Crippen molar-refractivity contribution in [1.82, 2.24) is 10.2 Å². The first-order valence-electron chi connectivity index (χ1n) is 10.1. The molecule has 0 atom stereocenters. The number of carbonyl (C=O) groups excluding carboxylic acids is 2. The number of para-hydroxylation sites is 1. The zero-order valence-electron chi connectivity index (χ0n) is 17.1. The van der Waals surface area contributed by atoms with Gasteiger partial charge in [-0.1, -0.05) is 42.5 Å². The number of carbonyl (C=O) groups is 2. The molecule has 1 aromatic heterocycles. The Bertz CT molecular complexity index is 1190. The maximum absolute atomic E-state index is 12.3. The minimum atomic E-state index is -0.370. The number of nitrogens with zero attached hydrogens (tertiary/aromatic N) is 2. The lowest BCUT2D eigenvalue weighted by Crippen LogP contribution is -2.19. The summed E-state index contributed by atoms with van der Waals surface area (Å²) in [6, 6.07) is 25.1. The molecule has 32 heavy (non-hydrogen) atoms. The lowest BCUT2D eigenvalue weighted by molar-refractivity contribution is -0.116. The molecule has 8 heteroatoms. The molecule has 0 bridgehead atoms. The van der Waals surface area contributed by atoms with Crippen LogP contribution in [0.3, 0.4) is 0 Å². The Balaban J connectivity index is 1.28. The van der Waals surface area contributed by atoms with Gasteiger partial charge in [0.05, 0.1) is 0 Å². The number of urea groups is 1. The summed E-state index contributed by atoms with van der Waals surface area (Å²) >= 11 is 0. The Morgan fingerprint density at radius 1 is 0.719 bits per heavy atom. The van der Waals surface area contributed by atoms with Crippen LogP contribution >= 0.6 is 0 Å². The standard InChI is InChI=1S/C24H21N5O3/c30-21(14-15-22-28-29-23(32-22)17-8-3-1-4-9-17)25-19-12-7-13-20(16-19)27-24(31)26-18-10-5-2-6-11-18/h1-13,16H,14-15H2,(H,25,30)(H2,26,27,31). The van der Waals surface area contributed by atoms with E-state index in [0.717, 1.165) is 5.56 Å². The van der Waals surface area contributed by atoms with E-state index in [1.165, 1.54) is 0 Å². The number of aryl methyl sites for hydroxylation is 1. The summed E-state index contributed by atoms with van der Waals surface area (Å²) in [4.78, 5) is 24.5. The van der Waals surface area contributed by atoms with E-state index in [9.17, 15) is 9.59 Å². The van der Waals surface area contributed by atoms with Crippen LogP contribution in [0.15, 0.2) is 89.3 Å². The highest BCUT2D eigenvalue weighted by Crippen LogP contribution is 2.19. The van der Waals surface area contributed by atoms with Gasteiger partial charge in [-0.25, -0.2) is 4.79 Å². The minimum Gasteiger partial charge on any atom is -0.421 e. The highest BCUT2D eigenvalue weighted by molar-refractivity contribution is 6.00. The monoisotopic (exact) mass is 427 g/mol. The molecule has 0 aliphatic heterocycles. The molecule has 0 fully saturated rings. The van der Waals surface area contributed by atoms with E-state index >= 15 is 0 Å². The summed E-state index contributed by atoms with van der Waals surface area (Å²) < 4.78 is 5.63. The first kappa shape index (κ1) is 20.8. The van der Waals surface area contributed by atoms with E-state index in [4.69, 9.17) is 4.42 Å². The van der Waals surface area contributed by atoms with Crippen LogP contribution in [0.2, 0.25) is 0 Å². The molecule has 1 heterocycles. The van der Waals surface area contributed by atoms with Crippen molar-refractivity contribution in [3.8, 4) is 11.5 Å². The quantitative estimate of drug-likeness (QED) is 0.387. The SMILES string of the molecule is O=C(CCc1nnc(-c2ccccc2)o1)Nc1cccc(NC(=O)Nc2ccccc2)c1. The number of hydrogen-bond donors (Lipinski definition) is 3. The van der Waals surface area contributed by atoms with Crippen LogP contribution in [0.5, 0.6) is 0 Å². The van der Waals surface area contributed by atoms with Gasteiger partial charge in [0.1, 0.15) is 0 Å². The zero-order valence-corrected chi connectivity index (χ0v) is 17.1. The third-order valence-corrected chi connectivity index (χ3v) is 4.49. The summed E-state index contributed by atoms with van der Waals surface area (Å²) in [5.74, 6) is 0.621. The van der Waals surface area contributed by atoms with Crippen molar-refractivity contribution in [2.75, 3.05) is 16.0 Å². The summed E-state index contributed by atoms with van der Waals surface area (Å²) in [5, 5.41) is 16.3. The molecule has 0 spiro atoms. The van der Waals surface area contributed by atoms with Gasteiger partial charge in [0.15, 0.2) is 0 Å². The van der Waals surface area contributed by atoms with Gasteiger partial charge >= 0.3 is 6.03 Å². The first-order valence-corrected chi connectivity index (χ1v) is 10.1. The van der Waals surface area contributed by atoms with E-state index < -0.39 is 0 Å². The van der Waals surface area contributed by atoms with Crippen LogP contribution in [0.25, 0.3) is 11.5 Å². The Hall–Kier alpha value is -4.46. The number of aromatic nitrogens is 2.